The second-order valence-corrected chi connectivity index (χ2v) is 8.76. The van der Waals surface area contributed by atoms with Crippen LogP contribution in [0.25, 0.3) is 11.0 Å². The van der Waals surface area contributed by atoms with E-state index in [9.17, 15) is 4.79 Å². The summed E-state index contributed by atoms with van der Waals surface area (Å²) in [5.41, 5.74) is 1.27. The highest BCUT2D eigenvalue weighted by Crippen LogP contribution is 2.25. The molecule has 0 saturated heterocycles. The van der Waals surface area contributed by atoms with Crippen molar-refractivity contribution >= 4 is 11.0 Å². The lowest BCUT2D eigenvalue weighted by atomic mass is 10.0. The number of unbranched alkanes of at least 4 members (excludes halogenated alkanes) is 10. The Kier molecular flexibility index (Phi) is 11.7. The maximum absolute atomic E-state index is 11.7. The molecular weight excluding hydrogens is 372 g/mol. The highest BCUT2D eigenvalue weighted by Gasteiger charge is 2.12. The number of hydrogen-bond donors (Lipinski definition) is 0. The van der Waals surface area contributed by atoms with E-state index in [4.69, 9.17) is 9.15 Å². The molecular formula is C27H42O3. The zero-order valence-corrected chi connectivity index (χ0v) is 19.5. The predicted molar refractivity (Wildman–Crippen MR) is 128 cm³/mol. The molecule has 0 aliphatic heterocycles. The number of fused-ring (bicyclic) bond motifs is 1. The zero-order chi connectivity index (χ0) is 21.6. The van der Waals surface area contributed by atoms with Gasteiger partial charge < -0.3 is 9.15 Å². The quantitative estimate of drug-likeness (QED) is 0.205. The van der Waals surface area contributed by atoms with Crippen LogP contribution in [0.1, 0.15) is 109 Å². The van der Waals surface area contributed by atoms with Crippen molar-refractivity contribution in [1.29, 1.82) is 0 Å². The van der Waals surface area contributed by atoms with Crippen molar-refractivity contribution in [3.63, 3.8) is 0 Å². The minimum atomic E-state index is -0.298. The first kappa shape index (κ1) is 24.5. The van der Waals surface area contributed by atoms with Crippen molar-refractivity contribution in [2.75, 3.05) is 0 Å². The summed E-state index contributed by atoms with van der Waals surface area (Å²) in [5.74, 6) is 0.818. The van der Waals surface area contributed by atoms with Gasteiger partial charge in [0.2, 0.25) is 0 Å². The van der Waals surface area contributed by atoms with Crippen LogP contribution in [-0.4, -0.2) is 6.10 Å². The molecule has 1 heterocycles. The van der Waals surface area contributed by atoms with Gasteiger partial charge in [0.05, 0.1) is 6.10 Å². The van der Waals surface area contributed by atoms with Crippen LogP contribution in [0.2, 0.25) is 0 Å². The molecule has 0 unspecified atom stereocenters. The summed E-state index contributed by atoms with van der Waals surface area (Å²) in [7, 11) is 0. The Labute approximate surface area is 183 Å². The van der Waals surface area contributed by atoms with Crippen LogP contribution in [0.4, 0.5) is 0 Å². The molecule has 0 N–H and O–H groups in total. The van der Waals surface area contributed by atoms with Crippen molar-refractivity contribution in [3.8, 4) is 5.75 Å². The first-order valence-electron chi connectivity index (χ1n) is 12.3. The van der Waals surface area contributed by atoms with Gasteiger partial charge in [0.25, 0.3) is 0 Å². The molecule has 0 spiro atoms. The second-order valence-electron chi connectivity index (χ2n) is 8.76. The van der Waals surface area contributed by atoms with Crippen LogP contribution < -0.4 is 10.4 Å². The number of ether oxygens (including phenoxy) is 1. The van der Waals surface area contributed by atoms with E-state index in [1.807, 2.05) is 25.1 Å². The van der Waals surface area contributed by atoms with E-state index >= 15 is 0 Å². The zero-order valence-electron chi connectivity index (χ0n) is 19.5. The normalized spacial score (nSPS) is 11.5. The fourth-order valence-corrected chi connectivity index (χ4v) is 4.14. The standard InChI is InChI=1S/C27H42O3/c1-4-6-8-10-12-14-16-23(17-15-13-11-9-7-5-2)29-24-18-19-25-22(3)20-27(28)30-26(25)21-24/h18-21,23H,4-17H2,1-3H3. The Balaban J connectivity index is 1.92. The minimum absolute atomic E-state index is 0.247. The van der Waals surface area contributed by atoms with Crippen LogP contribution in [0.3, 0.4) is 0 Å². The summed E-state index contributed by atoms with van der Waals surface area (Å²) >= 11 is 0. The van der Waals surface area contributed by atoms with Crippen molar-refractivity contribution in [1.82, 2.24) is 0 Å². The summed E-state index contributed by atoms with van der Waals surface area (Å²) in [6.07, 6.45) is 18.1. The maximum atomic E-state index is 11.7. The average molecular weight is 415 g/mol. The molecule has 1 aromatic carbocycles. The monoisotopic (exact) mass is 414 g/mol. The van der Waals surface area contributed by atoms with E-state index in [2.05, 4.69) is 13.8 Å². The lowest BCUT2D eigenvalue weighted by molar-refractivity contribution is 0.172. The second kappa shape index (κ2) is 14.3. The molecule has 0 saturated carbocycles. The third-order valence-corrected chi connectivity index (χ3v) is 5.98. The summed E-state index contributed by atoms with van der Waals surface area (Å²) in [5, 5.41) is 0.977. The van der Waals surface area contributed by atoms with Crippen LogP contribution in [0.15, 0.2) is 33.5 Å². The molecule has 0 amide bonds. The van der Waals surface area contributed by atoms with E-state index in [1.165, 1.54) is 77.0 Å². The summed E-state index contributed by atoms with van der Waals surface area (Å²) in [6, 6.07) is 7.46. The van der Waals surface area contributed by atoms with Crippen molar-refractivity contribution in [2.45, 2.75) is 117 Å². The SMILES string of the molecule is CCCCCCCCC(CCCCCCCC)Oc1ccc2c(C)cc(=O)oc2c1. The van der Waals surface area contributed by atoms with Gasteiger partial charge in [-0.3, -0.25) is 0 Å². The highest BCUT2D eigenvalue weighted by molar-refractivity contribution is 5.81. The van der Waals surface area contributed by atoms with Crippen molar-refractivity contribution in [2.24, 2.45) is 0 Å². The Bertz CT molecular complexity index is 761. The smallest absolute Gasteiger partial charge is 0.336 e. The Morgan fingerprint density at radius 2 is 1.37 bits per heavy atom. The van der Waals surface area contributed by atoms with Crippen LogP contribution >= 0.6 is 0 Å². The first-order chi connectivity index (χ1) is 14.6. The third-order valence-electron chi connectivity index (χ3n) is 5.98. The molecule has 1 aromatic heterocycles. The largest absolute Gasteiger partial charge is 0.490 e. The number of aryl methyl sites for hydroxylation is 1. The lowest BCUT2D eigenvalue weighted by Gasteiger charge is -2.20. The Morgan fingerprint density at radius 3 is 1.97 bits per heavy atom. The molecule has 0 bridgehead atoms. The van der Waals surface area contributed by atoms with E-state index in [0.717, 1.165) is 29.5 Å². The molecule has 3 heteroatoms. The van der Waals surface area contributed by atoms with Gasteiger partial charge in [0.15, 0.2) is 0 Å². The van der Waals surface area contributed by atoms with Gasteiger partial charge in [0.1, 0.15) is 11.3 Å². The molecule has 168 valence electrons. The van der Waals surface area contributed by atoms with E-state index < -0.39 is 0 Å². The molecule has 0 radical (unpaired) electrons. The third kappa shape index (κ3) is 8.93. The minimum Gasteiger partial charge on any atom is -0.490 e. The van der Waals surface area contributed by atoms with Gasteiger partial charge in [-0.05, 0) is 50.3 Å². The van der Waals surface area contributed by atoms with Gasteiger partial charge in [0, 0.05) is 17.5 Å². The molecule has 0 atom stereocenters. The van der Waals surface area contributed by atoms with Crippen molar-refractivity contribution in [3.05, 3.63) is 40.2 Å². The number of hydrogen-bond acceptors (Lipinski definition) is 3. The van der Waals surface area contributed by atoms with Crippen molar-refractivity contribution < 1.29 is 9.15 Å². The summed E-state index contributed by atoms with van der Waals surface area (Å²) in [4.78, 5) is 11.7. The van der Waals surface area contributed by atoms with Gasteiger partial charge in [-0.2, -0.15) is 0 Å². The van der Waals surface area contributed by atoms with E-state index in [-0.39, 0.29) is 11.7 Å². The Hall–Kier alpha value is -1.77. The van der Waals surface area contributed by atoms with Crippen LogP contribution in [0, 0.1) is 6.92 Å². The highest BCUT2D eigenvalue weighted by atomic mass is 16.5. The molecule has 0 fully saturated rings. The topological polar surface area (TPSA) is 39.4 Å². The van der Waals surface area contributed by atoms with Crippen LogP contribution in [-0.2, 0) is 0 Å². The predicted octanol–water partition coefficient (Wildman–Crippen LogP) is 8.35. The average Bonchev–Trinajstić information content (AvgIpc) is 2.72. The maximum Gasteiger partial charge on any atom is 0.336 e. The molecule has 3 nitrogen and oxygen atoms in total. The molecule has 2 aromatic rings. The molecule has 0 aliphatic rings. The summed E-state index contributed by atoms with van der Waals surface area (Å²) < 4.78 is 11.8. The first-order valence-corrected chi connectivity index (χ1v) is 12.3. The van der Waals surface area contributed by atoms with E-state index in [1.54, 1.807) is 6.07 Å². The molecule has 0 aliphatic carbocycles. The van der Waals surface area contributed by atoms with Gasteiger partial charge in [-0.25, -0.2) is 4.79 Å². The van der Waals surface area contributed by atoms with Crippen LogP contribution in [0.5, 0.6) is 5.75 Å². The Morgan fingerprint density at radius 1 is 0.800 bits per heavy atom. The molecule has 30 heavy (non-hydrogen) atoms. The van der Waals surface area contributed by atoms with Gasteiger partial charge in [-0.1, -0.05) is 78.1 Å². The molecule has 2 rings (SSSR count). The number of benzene rings is 1. The fraction of sp³-hybridized carbons (Fsp3) is 0.667. The van der Waals surface area contributed by atoms with Gasteiger partial charge >= 0.3 is 5.63 Å². The summed E-state index contributed by atoms with van der Waals surface area (Å²) in [6.45, 7) is 6.47. The lowest BCUT2D eigenvalue weighted by Crippen LogP contribution is -2.16. The number of rotatable bonds is 16. The fourth-order valence-electron chi connectivity index (χ4n) is 4.14. The van der Waals surface area contributed by atoms with E-state index in [0.29, 0.717) is 5.58 Å². The van der Waals surface area contributed by atoms with Gasteiger partial charge in [-0.15, -0.1) is 0 Å².